The Bertz CT molecular complexity index is 825. The smallest absolute Gasteiger partial charge is 0.291 e. The van der Waals surface area contributed by atoms with Crippen LogP contribution >= 0.6 is 0 Å². The maximum Gasteiger partial charge on any atom is 0.291 e. The molecule has 0 aromatic carbocycles. The zero-order valence-electron chi connectivity index (χ0n) is 12.4. The molecule has 0 amide bonds. The number of aromatic nitrogens is 4. The van der Waals surface area contributed by atoms with Gasteiger partial charge in [0.1, 0.15) is 0 Å². The molecule has 0 spiro atoms. The lowest BCUT2D eigenvalue weighted by atomic mass is 10.0. The Morgan fingerprint density at radius 3 is 2.75 bits per heavy atom. The van der Waals surface area contributed by atoms with E-state index in [4.69, 9.17) is 21.1 Å². The summed E-state index contributed by atoms with van der Waals surface area (Å²) < 4.78 is 1.67. The van der Waals surface area contributed by atoms with Crippen LogP contribution in [0.1, 0.15) is 12.5 Å². The highest BCUT2D eigenvalue weighted by atomic mass is 16.9. The molecular weight excluding hydrogens is 324 g/mol. The third-order valence-electron chi connectivity index (χ3n) is 3.82. The summed E-state index contributed by atoms with van der Waals surface area (Å²) >= 11 is 0. The van der Waals surface area contributed by atoms with Crippen molar-refractivity contribution in [2.45, 2.75) is 18.6 Å². The minimum absolute atomic E-state index is 0.00659. The maximum atomic E-state index is 11.7. The van der Waals surface area contributed by atoms with Crippen molar-refractivity contribution in [1.82, 2.24) is 19.5 Å². The van der Waals surface area contributed by atoms with Crippen molar-refractivity contribution in [3.63, 3.8) is 0 Å². The Labute approximate surface area is 134 Å². The molecule has 1 aliphatic rings. The number of aromatic amines is 1. The molecule has 0 aliphatic heterocycles. The van der Waals surface area contributed by atoms with E-state index in [0.29, 0.717) is 17.6 Å². The molecule has 2 aromatic rings. The van der Waals surface area contributed by atoms with Crippen LogP contribution in [-0.2, 0) is 0 Å². The van der Waals surface area contributed by atoms with Crippen LogP contribution in [0.25, 0.3) is 11.2 Å². The van der Waals surface area contributed by atoms with Crippen molar-refractivity contribution in [2.24, 2.45) is 5.92 Å². The highest BCUT2D eigenvalue weighted by Crippen LogP contribution is 2.39. The first-order chi connectivity index (χ1) is 11.3. The van der Waals surface area contributed by atoms with Gasteiger partial charge in [0, 0.05) is 5.92 Å². The van der Waals surface area contributed by atoms with Gasteiger partial charge in [0.05, 0.1) is 25.1 Å². The molecule has 3 rings (SSSR count). The topological polar surface area (TPSA) is 193 Å². The average Bonchev–Trinajstić information content (AvgIpc) is 2.99. The van der Waals surface area contributed by atoms with Gasteiger partial charge in [-0.3, -0.25) is 9.78 Å². The fourth-order valence-corrected chi connectivity index (χ4v) is 2.74. The van der Waals surface area contributed by atoms with Crippen LogP contribution < -0.4 is 11.3 Å². The average molecular weight is 340 g/mol. The molecule has 0 radical (unpaired) electrons. The number of aliphatic hydroxyl groups excluding tert-OH is 2. The number of anilines is 1. The van der Waals surface area contributed by atoms with Gasteiger partial charge in [-0.2, -0.15) is 4.98 Å². The fourth-order valence-electron chi connectivity index (χ4n) is 2.74. The molecule has 3 atom stereocenters. The molecule has 2 aromatic heterocycles. The highest BCUT2D eigenvalue weighted by Gasteiger charge is 2.37. The van der Waals surface area contributed by atoms with Crippen molar-refractivity contribution in [2.75, 3.05) is 12.3 Å². The number of nitrogens with zero attached hydrogens (tertiary/aromatic N) is 4. The molecule has 0 bridgehead atoms. The van der Waals surface area contributed by atoms with Crippen LogP contribution in [0, 0.1) is 16.0 Å². The summed E-state index contributed by atoms with van der Waals surface area (Å²) in [6.45, 7) is 3.76. The second-order valence-corrected chi connectivity index (χ2v) is 5.20. The number of hydrogen-bond acceptors (Lipinski definition) is 8. The van der Waals surface area contributed by atoms with Gasteiger partial charge in [-0.25, -0.2) is 4.98 Å². The summed E-state index contributed by atoms with van der Waals surface area (Å²) in [6, 6.07) is -0.263. The van der Waals surface area contributed by atoms with Crippen LogP contribution in [0.2, 0.25) is 0 Å². The number of H-pyrrole nitrogens is 1. The van der Waals surface area contributed by atoms with Crippen molar-refractivity contribution in [3.8, 4) is 0 Å². The number of nitrogens with two attached hydrogens (primary N) is 1. The lowest BCUT2D eigenvalue weighted by molar-refractivity contribution is -0.742. The van der Waals surface area contributed by atoms with Crippen LogP contribution in [0.5, 0.6) is 0 Å². The minimum atomic E-state index is -1.50. The largest absolute Gasteiger partial charge is 0.396 e. The number of hydrogen-bond donors (Lipinski definition) is 5. The third kappa shape index (κ3) is 3.18. The predicted molar refractivity (Wildman–Crippen MR) is 80.7 cm³/mol. The van der Waals surface area contributed by atoms with E-state index >= 15 is 0 Å². The Morgan fingerprint density at radius 2 is 2.21 bits per heavy atom. The van der Waals surface area contributed by atoms with Crippen molar-refractivity contribution >= 4 is 17.1 Å². The summed E-state index contributed by atoms with van der Waals surface area (Å²) in [6.07, 6.45) is 1.20. The van der Waals surface area contributed by atoms with Crippen molar-refractivity contribution < 1.29 is 20.5 Å². The van der Waals surface area contributed by atoms with Crippen molar-refractivity contribution in [3.05, 3.63) is 38.9 Å². The quantitative estimate of drug-likeness (QED) is 0.254. The van der Waals surface area contributed by atoms with Gasteiger partial charge in [-0.15, -0.1) is 10.1 Å². The van der Waals surface area contributed by atoms with Gasteiger partial charge in [0.2, 0.25) is 5.95 Å². The van der Waals surface area contributed by atoms with E-state index < -0.39 is 16.7 Å². The second kappa shape index (κ2) is 6.64. The molecule has 1 fully saturated rings. The van der Waals surface area contributed by atoms with E-state index in [1.54, 1.807) is 4.57 Å². The summed E-state index contributed by atoms with van der Waals surface area (Å²) in [5, 5.41) is 32.9. The number of nitrogen functional groups attached to an aromatic ring is 1. The number of aliphatic hydroxyl groups is 2. The summed E-state index contributed by atoms with van der Waals surface area (Å²) in [7, 11) is 0. The Balaban J connectivity index is 0.000000471. The molecule has 6 N–H and O–H groups in total. The van der Waals surface area contributed by atoms with Crippen LogP contribution in [0.15, 0.2) is 23.3 Å². The van der Waals surface area contributed by atoms with E-state index in [2.05, 4.69) is 21.5 Å². The molecule has 0 saturated heterocycles. The van der Waals surface area contributed by atoms with Gasteiger partial charge >= 0.3 is 0 Å². The third-order valence-corrected chi connectivity index (χ3v) is 3.82. The van der Waals surface area contributed by atoms with E-state index in [0.717, 1.165) is 0 Å². The lowest BCUT2D eigenvalue weighted by Gasteiger charge is -2.15. The van der Waals surface area contributed by atoms with Crippen LogP contribution in [0.3, 0.4) is 0 Å². The minimum Gasteiger partial charge on any atom is -0.396 e. The standard InChI is InChI=1S/C12H15N5O3.HNO3/c1-5-6(3-18)8(19)2-7(5)17-4-14-9-10(17)15-12(13)16-11(9)20;2-1(3)4/h4,6-8,18-19H,1-3H2,(H3,13,15,16,20);(H,2,3,4)/t6-,7-,8-;/m0./s1. The number of imidazole rings is 1. The number of nitrogens with one attached hydrogen (secondary N) is 1. The van der Waals surface area contributed by atoms with E-state index in [1.165, 1.54) is 6.33 Å². The molecule has 1 aliphatic carbocycles. The molecular formula is C12H16N6O6. The zero-order chi connectivity index (χ0) is 18.0. The van der Waals surface area contributed by atoms with Crippen LogP contribution in [0.4, 0.5) is 5.95 Å². The van der Waals surface area contributed by atoms with Crippen molar-refractivity contribution in [1.29, 1.82) is 0 Å². The summed E-state index contributed by atoms with van der Waals surface area (Å²) in [5.74, 6) is -0.371. The van der Waals surface area contributed by atoms with Gasteiger partial charge in [-0.1, -0.05) is 6.58 Å². The van der Waals surface area contributed by atoms with E-state index in [9.17, 15) is 15.0 Å². The first-order valence-electron chi connectivity index (χ1n) is 6.79. The van der Waals surface area contributed by atoms with Gasteiger partial charge in [0.15, 0.2) is 11.2 Å². The number of rotatable bonds is 2. The molecule has 2 heterocycles. The second-order valence-electron chi connectivity index (χ2n) is 5.20. The Kier molecular flexibility index (Phi) is 4.80. The molecule has 130 valence electrons. The Morgan fingerprint density at radius 1 is 1.58 bits per heavy atom. The van der Waals surface area contributed by atoms with Gasteiger partial charge in [0.25, 0.3) is 10.6 Å². The SMILES string of the molecule is C=C1[C@H](CO)[C@@H](O)C[C@@H]1n1cnc2c(=O)[nH]c(N)nc21.O=[N+]([O-])O. The fraction of sp³-hybridized carbons (Fsp3) is 0.417. The number of fused-ring (bicyclic) bond motifs is 1. The zero-order valence-corrected chi connectivity index (χ0v) is 12.4. The normalized spacial score (nSPS) is 23.1. The molecule has 1 saturated carbocycles. The monoisotopic (exact) mass is 340 g/mol. The molecule has 24 heavy (non-hydrogen) atoms. The Hall–Kier alpha value is -2.99. The predicted octanol–water partition coefficient (Wildman–Crippen LogP) is -1.18. The highest BCUT2D eigenvalue weighted by molar-refractivity contribution is 5.70. The first kappa shape index (κ1) is 17.4. The first-order valence-corrected chi connectivity index (χ1v) is 6.79. The van der Waals surface area contributed by atoms with Gasteiger partial charge < -0.3 is 25.7 Å². The van der Waals surface area contributed by atoms with Crippen LogP contribution in [-0.4, -0.2) is 52.7 Å². The molecule has 12 nitrogen and oxygen atoms in total. The summed E-state index contributed by atoms with van der Waals surface area (Å²) in [5.41, 5.74) is 6.37. The molecule has 0 unspecified atom stereocenters. The maximum absolute atomic E-state index is 11.7. The molecule has 12 heteroatoms. The lowest BCUT2D eigenvalue weighted by Crippen LogP contribution is -2.17. The van der Waals surface area contributed by atoms with E-state index in [1.807, 2.05) is 0 Å². The van der Waals surface area contributed by atoms with E-state index in [-0.39, 0.29) is 30.0 Å². The summed E-state index contributed by atoms with van der Waals surface area (Å²) in [4.78, 5) is 30.6. The van der Waals surface area contributed by atoms with Gasteiger partial charge in [-0.05, 0) is 12.0 Å².